The number of benzene rings is 1. The van der Waals surface area contributed by atoms with Crippen LogP contribution in [0.5, 0.6) is 5.75 Å². The summed E-state index contributed by atoms with van der Waals surface area (Å²) in [6.45, 7) is 8.60. The Morgan fingerprint density at radius 2 is 1.93 bits per heavy atom. The Morgan fingerprint density at radius 3 is 2.48 bits per heavy atom. The summed E-state index contributed by atoms with van der Waals surface area (Å²) in [5.74, 6) is 1.06. The van der Waals surface area contributed by atoms with Crippen molar-refractivity contribution in [2.45, 2.75) is 40.2 Å². The van der Waals surface area contributed by atoms with E-state index >= 15 is 0 Å². The molecule has 1 aromatic heterocycles. The summed E-state index contributed by atoms with van der Waals surface area (Å²) in [6.07, 6.45) is 1.03. The van der Waals surface area contributed by atoms with Crippen LogP contribution in [0.2, 0.25) is 0 Å². The molecule has 2 rings (SSSR count). The number of guanidine groups is 1. The van der Waals surface area contributed by atoms with E-state index in [4.69, 9.17) is 10.5 Å². The summed E-state index contributed by atoms with van der Waals surface area (Å²) in [7, 11) is 0. The van der Waals surface area contributed by atoms with Crippen molar-refractivity contribution < 1.29 is 9.53 Å². The van der Waals surface area contributed by atoms with Crippen molar-refractivity contribution in [3.05, 3.63) is 46.7 Å². The number of carbonyl (C=O) groups is 1. The molecule has 0 spiro atoms. The van der Waals surface area contributed by atoms with E-state index in [0.717, 1.165) is 24.4 Å². The van der Waals surface area contributed by atoms with E-state index in [1.165, 1.54) is 4.88 Å². The van der Waals surface area contributed by atoms with Crippen molar-refractivity contribution in [2.24, 2.45) is 16.1 Å². The Balaban J connectivity index is 0.00000420. The molecule has 0 atom stereocenters. The number of hydrogen-bond donors (Lipinski definition) is 3. The van der Waals surface area contributed by atoms with E-state index in [2.05, 4.69) is 27.1 Å². The molecule has 0 fully saturated rings. The summed E-state index contributed by atoms with van der Waals surface area (Å²) in [4.78, 5) is 17.5. The molecule has 0 aliphatic heterocycles. The maximum Gasteiger partial charge on any atom is 0.224 e. The fraction of sp³-hybridized carbons (Fsp3) is 0.429. The predicted octanol–water partition coefficient (Wildman–Crippen LogP) is 4.27. The number of primary amides is 1. The third-order valence-corrected chi connectivity index (χ3v) is 4.97. The van der Waals surface area contributed by atoms with Crippen LogP contribution in [-0.2, 0) is 11.2 Å². The minimum absolute atomic E-state index is 0. The molecule has 0 aliphatic rings. The minimum atomic E-state index is -0.711. The smallest absolute Gasteiger partial charge is 0.224 e. The summed E-state index contributed by atoms with van der Waals surface area (Å²) < 4.78 is 5.68. The van der Waals surface area contributed by atoms with Gasteiger partial charge >= 0.3 is 0 Å². The van der Waals surface area contributed by atoms with E-state index in [-0.39, 0.29) is 36.0 Å². The van der Waals surface area contributed by atoms with Gasteiger partial charge in [-0.1, -0.05) is 6.07 Å². The Morgan fingerprint density at radius 1 is 1.24 bits per heavy atom. The maximum absolute atomic E-state index is 11.6. The zero-order valence-electron chi connectivity index (χ0n) is 17.4. The van der Waals surface area contributed by atoms with Gasteiger partial charge in [0.05, 0.1) is 18.1 Å². The molecule has 1 aromatic carbocycles. The number of nitrogens with two attached hydrogens (primary N) is 1. The van der Waals surface area contributed by atoms with Crippen LogP contribution < -0.4 is 21.1 Å². The average molecular weight is 530 g/mol. The second kappa shape index (κ2) is 12.0. The van der Waals surface area contributed by atoms with Gasteiger partial charge in [-0.25, -0.2) is 0 Å². The van der Waals surface area contributed by atoms with E-state index in [1.807, 2.05) is 44.2 Å². The number of aliphatic imine (C=N–C) groups is 1. The quantitative estimate of drug-likeness (QED) is 0.257. The number of hydrogen-bond acceptors (Lipinski definition) is 4. The van der Waals surface area contributed by atoms with Gasteiger partial charge in [0.15, 0.2) is 5.96 Å². The fourth-order valence-electron chi connectivity index (χ4n) is 2.28. The number of thiophene rings is 1. The number of carbonyl (C=O) groups excluding carboxylic acids is 1. The Labute approximate surface area is 194 Å². The molecule has 8 heteroatoms. The van der Waals surface area contributed by atoms with Crippen LogP contribution in [0.15, 0.2) is 46.8 Å². The van der Waals surface area contributed by atoms with Crippen molar-refractivity contribution in [2.75, 3.05) is 18.4 Å². The summed E-state index contributed by atoms with van der Waals surface area (Å²) in [6, 6.07) is 11.9. The van der Waals surface area contributed by atoms with Gasteiger partial charge in [0.1, 0.15) is 5.75 Å². The summed E-state index contributed by atoms with van der Waals surface area (Å²) >= 11 is 1.73. The highest BCUT2D eigenvalue weighted by Gasteiger charge is 2.24. The first-order valence-corrected chi connectivity index (χ1v) is 10.3. The van der Waals surface area contributed by atoms with Crippen molar-refractivity contribution in [3.8, 4) is 5.75 Å². The third kappa shape index (κ3) is 9.03. The molecule has 1 amide bonds. The molecule has 6 nitrogen and oxygen atoms in total. The highest BCUT2D eigenvalue weighted by atomic mass is 127. The van der Waals surface area contributed by atoms with Gasteiger partial charge in [-0.05, 0) is 69.8 Å². The maximum atomic E-state index is 11.6. The van der Waals surface area contributed by atoms with Crippen molar-refractivity contribution in [1.29, 1.82) is 0 Å². The largest absolute Gasteiger partial charge is 0.491 e. The second-order valence-corrected chi connectivity index (χ2v) is 8.52. The van der Waals surface area contributed by atoms with Gasteiger partial charge in [0.25, 0.3) is 0 Å². The molecule has 0 radical (unpaired) electrons. The SMILES string of the molecule is CC(C)Oc1ccc(NC(=NCC(C)(C)C(N)=O)NCCc2cccs2)cc1.I. The molecule has 1 heterocycles. The number of halogens is 1. The lowest BCUT2D eigenvalue weighted by Crippen LogP contribution is -2.37. The van der Waals surface area contributed by atoms with Crippen LogP contribution >= 0.6 is 35.3 Å². The fourth-order valence-corrected chi connectivity index (χ4v) is 2.99. The third-order valence-electron chi connectivity index (χ3n) is 4.03. The lowest BCUT2D eigenvalue weighted by Gasteiger charge is -2.19. The molecule has 160 valence electrons. The molecular weight excluding hydrogens is 499 g/mol. The van der Waals surface area contributed by atoms with Crippen LogP contribution in [0.1, 0.15) is 32.6 Å². The van der Waals surface area contributed by atoms with Gasteiger partial charge in [0.2, 0.25) is 5.91 Å². The second-order valence-electron chi connectivity index (χ2n) is 7.49. The van der Waals surface area contributed by atoms with E-state index < -0.39 is 5.41 Å². The van der Waals surface area contributed by atoms with Crippen LogP contribution in [0.3, 0.4) is 0 Å². The average Bonchev–Trinajstić information content (AvgIpc) is 3.14. The molecule has 2 aromatic rings. The Bertz CT molecular complexity index is 774. The Hall–Kier alpha value is -1.81. The monoisotopic (exact) mass is 530 g/mol. The van der Waals surface area contributed by atoms with E-state index in [1.54, 1.807) is 25.2 Å². The minimum Gasteiger partial charge on any atom is -0.491 e. The summed E-state index contributed by atoms with van der Waals surface area (Å²) in [5.41, 5.74) is 5.64. The van der Waals surface area contributed by atoms with Crippen LogP contribution in [0, 0.1) is 5.41 Å². The number of nitrogens with one attached hydrogen (secondary N) is 2. The summed E-state index contributed by atoms with van der Waals surface area (Å²) in [5, 5.41) is 8.68. The van der Waals surface area contributed by atoms with Crippen LogP contribution in [0.4, 0.5) is 5.69 Å². The first-order valence-electron chi connectivity index (χ1n) is 9.40. The molecule has 0 saturated heterocycles. The molecule has 0 saturated carbocycles. The first-order chi connectivity index (χ1) is 13.3. The molecule has 0 unspecified atom stereocenters. The van der Waals surface area contributed by atoms with Crippen molar-refractivity contribution in [1.82, 2.24) is 5.32 Å². The highest BCUT2D eigenvalue weighted by Crippen LogP contribution is 2.18. The predicted molar refractivity (Wildman–Crippen MR) is 133 cm³/mol. The molecule has 0 aliphatic carbocycles. The molecular formula is C21H31IN4O2S. The standard InChI is InChI=1S/C21H30N4O2S.HI/c1-15(2)27-17-9-7-16(8-10-17)25-20(24-14-21(3,4)19(22)26)23-12-11-18-6-5-13-28-18;/h5-10,13,15H,11-12,14H2,1-4H3,(H2,22,26)(H2,23,24,25);1H. The topological polar surface area (TPSA) is 88.7 Å². The lowest BCUT2D eigenvalue weighted by atomic mass is 9.93. The number of amides is 1. The number of nitrogens with zero attached hydrogens (tertiary/aromatic N) is 1. The van der Waals surface area contributed by atoms with Crippen molar-refractivity contribution >= 4 is 52.9 Å². The van der Waals surface area contributed by atoms with Gasteiger partial charge in [0, 0.05) is 17.1 Å². The zero-order chi connectivity index (χ0) is 20.6. The lowest BCUT2D eigenvalue weighted by molar-refractivity contribution is -0.125. The van der Waals surface area contributed by atoms with E-state index in [9.17, 15) is 4.79 Å². The van der Waals surface area contributed by atoms with Crippen molar-refractivity contribution in [3.63, 3.8) is 0 Å². The number of anilines is 1. The zero-order valence-corrected chi connectivity index (χ0v) is 20.5. The first kappa shape index (κ1) is 25.2. The Kier molecular flexibility index (Phi) is 10.5. The van der Waals surface area contributed by atoms with Gasteiger partial charge < -0.3 is 21.1 Å². The van der Waals surface area contributed by atoms with Crippen LogP contribution in [-0.4, -0.2) is 31.1 Å². The van der Waals surface area contributed by atoms with E-state index in [0.29, 0.717) is 12.5 Å². The molecule has 29 heavy (non-hydrogen) atoms. The molecule has 4 N–H and O–H groups in total. The molecule has 0 bridgehead atoms. The van der Waals surface area contributed by atoms with Crippen LogP contribution in [0.25, 0.3) is 0 Å². The number of rotatable bonds is 9. The van der Waals surface area contributed by atoms with Gasteiger partial charge in [-0.3, -0.25) is 9.79 Å². The van der Waals surface area contributed by atoms with Gasteiger partial charge in [-0.2, -0.15) is 0 Å². The number of ether oxygens (including phenoxy) is 1. The highest BCUT2D eigenvalue weighted by molar-refractivity contribution is 14.0. The van der Waals surface area contributed by atoms with Gasteiger partial charge in [-0.15, -0.1) is 35.3 Å². The normalized spacial score (nSPS) is 11.7.